The maximum absolute atomic E-state index is 7.30. The van der Waals surface area contributed by atoms with Crippen molar-refractivity contribution in [3.05, 3.63) is 155 Å². The van der Waals surface area contributed by atoms with E-state index in [0.29, 0.717) is 47.4 Å². The number of hydrogen-bond acceptors (Lipinski definition) is 15. The molecular formula is C50H50N16O3. The van der Waals surface area contributed by atoms with Gasteiger partial charge in [-0.05, 0) is 56.6 Å². The van der Waals surface area contributed by atoms with Crippen molar-refractivity contribution in [2.45, 2.75) is 64.6 Å². The zero-order valence-electron chi connectivity index (χ0n) is 38.7. The van der Waals surface area contributed by atoms with Crippen molar-refractivity contribution in [2.24, 2.45) is 0 Å². The summed E-state index contributed by atoms with van der Waals surface area (Å²) in [6.07, 6.45) is 6.06. The van der Waals surface area contributed by atoms with Crippen LogP contribution in [0.4, 0.5) is 0 Å². The number of aromatic amines is 2. The van der Waals surface area contributed by atoms with Crippen molar-refractivity contribution < 1.29 is 14.2 Å². The third-order valence-corrected chi connectivity index (χ3v) is 12.2. The van der Waals surface area contributed by atoms with E-state index in [-0.39, 0.29) is 13.2 Å². The lowest BCUT2D eigenvalue weighted by Gasteiger charge is -2.28. The number of H-pyrrole nitrogens is 2. The van der Waals surface area contributed by atoms with Crippen molar-refractivity contribution >= 4 is 11.6 Å². The van der Waals surface area contributed by atoms with E-state index in [2.05, 4.69) is 136 Å². The third kappa shape index (κ3) is 9.21. The van der Waals surface area contributed by atoms with Crippen LogP contribution in [0.15, 0.2) is 110 Å². The molecule has 0 amide bonds. The molecule has 0 aliphatic rings. The summed E-state index contributed by atoms with van der Waals surface area (Å²) in [7, 11) is 3.34. The smallest absolute Gasteiger partial charge is 0.252 e. The number of benzene rings is 4. The lowest BCUT2D eigenvalue weighted by atomic mass is 9.94. The molecule has 348 valence electrons. The van der Waals surface area contributed by atoms with Gasteiger partial charge in [0.25, 0.3) is 11.6 Å². The van der Waals surface area contributed by atoms with Crippen LogP contribution in [-0.4, -0.2) is 108 Å². The van der Waals surface area contributed by atoms with Crippen LogP contribution in [0.2, 0.25) is 0 Å². The number of methoxy groups -OCH3 is 2. The Labute approximate surface area is 396 Å². The summed E-state index contributed by atoms with van der Waals surface area (Å²) in [5.74, 6) is 2.03. The zero-order chi connectivity index (χ0) is 47.1. The van der Waals surface area contributed by atoms with Crippen molar-refractivity contribution in [1.29, 1.82) is 0 Å². The molecule has 6 aromatic heterocycles. The van der Waals surface area contributed by atoms with Gasteiger partial charge >= 0.3 is 0 Å². The van der Waals surface area contributed by atoms with E-state index in [1.54, 1.807) is 26.9 Å². The largest absolute Gasteiger partial charge is 0.382 e. The molecule has 19 heteroatoms. The highest BCUT2D eigenvalue weighted by atomic mass is 16.6. The maximum Gasteiger partial charge on any atom is 0.252 e. The van der Waals surface area contributed by atoms with E-state index < -0.39 is 12.2 Å². The fourth-order valence-electron chi connectivity index (χ4n) is 9.10. The molecule has 0 fully saturated rings. The van der Waals surface area contributed by atoms with Crippen LogP contribution < -0.4 is 0 Å². The number of fused-ring (bicyclic) bond motifs is 2. The standard InChI is InChI=1S/C50H50N16O3/c1-5-11-41-39(25-31-17-21-33(22-18-31)35-13-7-9-15-37(35)47-57-61-62-58-47)45(55-49-51-29-53-65(41)49)43(27-67-3)69-44(28-68-4)46-40(42(12-6-2)66-50(56-46)52-30-54-66)26-32-19-23-34(24-20-32)36-14-8-10-16-38(36)48-59-63-64-60-48/h7-10,13-24,29-30,43-44H,5-6,11-12,25-28H2,1-4H3,(H,57,58,61,62)(H,59,60,63,64). The Bertz CT molecular complexity index is 3060. The predicted octanol–water partition coefficient (Wildman–Crippen LogP) is 7.43. The Balaban J connectivity index is 1.03. The van der Waals surface area contributed by atoms with Gasteiger partial charge in [-0.25, -0.2) is 19.0 Å². The molecule has 10 rings (SSSR count). The number of ether oxygens (including phenoxy) is 3. The van der Waals surface area contributed by atoms with Crippen molar-refractivity contribution in [1.82, 2.24) is 80.4 Å². The van der Waals surface area contributed by atoms with Gasteiger partial charge in [0.15, 0.2) is 0 Å². The Hall–Kier alpha value is -8.00. The molecular weight excluding hydrogens is 873 g/mol. The molecule has 0 saturated heterocycles. The molecule has 4 aromatic carbocycles. The molecule has 0 aliphatic carbocycles. The van der Waals surface area contributed by atoms with E-state index in [1.807, 2.05) is 45.4 Å². The number of nitrogens with one attached hydrogen (secondary N) is 2. The minimum Gasteiger partial charge on any atom is -0.382 e. The summed E-state index contributed by atoms with van der Waals surface area (Å²) in [5.41, 5.74) is 13.4. The minimum atomic E-state index is -0.666. The molecule has 0 spiro atoms. The van der Waals surface area contributed by atoms with Crippen LogP contribution in [0.3, 0.4) is 0 Å². The van der Waals surface area contributed by atoms with Crippen LogP contribution in [0, 0.1) is 0 Å². The molecule has 0 bridgehead atoms. The average Bonchev–Trinajstić information content (AvgIpc) is 4.25. The topological polar surface area (TPSA) is 223 Å². The third-order valence-electron chi connectivity index (χ3n) is 12.2. The average molecular weight is 923 g/mol. The van der Waals surface area contributed by atoms with Gasteiger partial charge in [-0.3, -0.25) is 0 Å². The molecule has 6 heterocycles. The van der Waals surface area contributed by atoms with E-state index in [4.69, 9.17) is 24.2 Å². The van der Waals surface area contributed by atoms with Crippen LogP contribution in [0.25, 0.3) is 56.6 Å². The molecule has 0 radical (unpaired) electrons. The normalized spacial score (nSPS) is 12.6. The fourth-order valence-corrected chi connectivity index (χ4v) is 9.10. The summed E-state index contributed by atoms with van der Waals surface area (Å²) < 4.78 is 23.0. The Kier molecular flexibility index (Phi) is 13.3. The Morgan fingerprint density at radius 2 is 0.957 bits per heavy atom. The second-order valence-electron chi connectivity index (χ2n) is 16.6. The number of nitrogens with zero attached hydrogens (tertiary/aromatic N) is 14. The molecule has 2 N–H and O–H groups in total. The monoisotopic (exact) mass is 922 g/mol. The first-order chi connectivity index (χ1) is 34.0. The van der Waals surface area contributed by atoms with Gasteiger partial charge < -0.3 is 14.2 Å². The van der Waals surface area contributed by atoms with E-state index in [1.165, 1.54) is 0 Å². The highest BCUT2D eigenvalue weighted by Gasteiger charge is 2.31. The van der Waals surface area contributed by atoms with Crippen LogP contribution in [0.5, 0.6) is 0 Å². The van der Waals surface area contributed by atoms with Crippen LogP contribution in [-0.2, 0) is 39.9 Å². The van der Waals surface area contributed by atoms with Gasteiger partial charge in [-0.1, -0.05) is 124 Å². The second-order valence-corrected chi connectivity index (χ2v) is 16.6. The Morgan fingerprint density at radius 3 is 1.33 bits per heavy atom. The highest BCUT2D eigenvalue weighted by molar-refractivity contribution is 5.81. The number of rotatable bonds is 20. The molecule has 0 aliphatic heterocycles. The van der Waals surface area contributed by atoms with E-state index >= 15 is 0 Å². The number of tetrazole rings is 2. The second kappa shape index (κ2) is 20.5. The lowest BCUT2D eigenvalue weighted by Crippen LogP contribution is -2.25. The van der Waals surface area contributed by atoms with Gasteiger partial charge in [0.1, 0.15) is 24.9 Å². The SMILES string of the molecule is CCCc1c(Cc2ccc(-c3ccccc3-c3nn[nH]n3)cc2)c(C(COC)OC(COC)c2nc3ncnn3c(CCC)c2Cc2ccc(-c3ccccc3-c3nn[nH]n3)cc2)nc2ncnn12. The maximum atomic E-state index is 7.30. The number of aryl methyl sites for hydroxylation is 2. The van der Waals surface area contributed by atoms with E-state index in [0.717, 1.165) is 92.7 Å². The first-order valence-electron chi connectivity index (χ1n) is 22.9. The first kappa shape index (κ1) is 44.8. The summed E-state index contributed by atoms with van der Waals surface area (Å²) in [6.45, 7) is 4.70. The van der Waals surface area contributed by atoms with Gasteiger partial charge in [0.05, 0.1) is 36.0 Å². The van der Waals surface area contributed by atoms with E-state index in [9.17, 15) is 0 Å². The molecule has 69 heavy (non-hydrogen) atoms. The highest BCUT2D eigenvalue weighted by Crippen LogP contribution is 2.36. The lowest BCUT2D eigenvalue weighted by molar-refractivity contribution is -0.0814. The van der Waals surface area contributed by atoms with Crippen molar-refractivity contribution in [3.63, 3.8) is 0 Å². The van der Waals surface area contributed by atoms with Crippen LogP contribution in [0.1, 0.15) is 83.9 Å². The number of aromatic nitrogens is 16. The summed E-state index contributed by atoms with van der Waals surface area (Å²) in [5, 5.41) is 39.0. The Morgan fingerprint density at radius 1 is 0.536 bits per heavy atom. The first-order valence-corrected chi connectivity index (χ1v) is 22.9. The van der Waals surface area contributed by atoms with Crippen LogP contribution >= 0.6 is 0 Å². The quantitative estimate of drug-likeness (QED) is 0.0758. The van der Waals surface area contributed by atoms with Gasteiger partial charge in [0.2, 0.25) is 11.6 Å². The van der Waals surface area contributed by atoms with Gasteiger partial charge in [-0.15, -0.1) is 20.4 Å². The predicted molar refractivity (Wildman–Crippen MR) is 256 cm³/mol. The fraction of sp³-hybridized carbons (Fsp3) is 0.280. The summed E-state index contributed by atoms with van der Waals surface area (Å²) >= 11 is 0. The molecule has 19 nitrogen and oxygen atoms in total. The minimum absolute atomic E-state index is 0.193. The molecule has 2 unspecified atom stereocenters. The molecule has 10 aromatic rings. The van der Waals surface area contributed by atoms with Crippen molar-refractivity contribution in [2.75, 3.05) is 27.4 Å². The van der Waals surface area contributed by atoms with Gasteiger partial charge in [0, 0.05) is 49.3 Å². The zero-order valence-corrected chi connectivity index (χ0v) is 38.7. The van der Waals surface area contributed by atoms with Crippen molar-refractivity contribution in [3.8, 4) is 45.0 Å². The summed E-state index contributed by atoms with van der Waals surface area (Å²) in [4.78, 5) is 19.6. The molecule has 2 atom stereocenters. The van der Waals surface area contributed by atoms with Gasteiger partial charge in [-0.2, -0.15) is 30.6 Å². The number of hydrogen-bond donors (Lipinski definition) is 2. The summed E-state index contributed by atoms with van der Waals surface area (Å²) in [6, 6.07) is 33.1. The molecule has 0 saturated carbocycles.